The van der Waals surface area contributed by atoms with Crippen LogP contribution in [-0.4, -0.2) is 40.1 Å². The molecule has 2 heterocycles. The van der Waals surface area contributed by atoms with Crippen LogP contribution < -0.4 is 0 Å². The molecule has 0 radical (unpaired) electrons. The van der Waals surface area contributed by atoms with Gasteiger partial charge in [0.2, 0.25) is 0 Å². The Morgan fingerprint density at radius 3 is 2.94 bits per heavy atom. The number of hydrogen-bond donors (Lipinski definition) is 1. The number of hydrogen-bond acceptors (Lipinski definition) is 3. The lowest BCUT2D eigenvalue weighted by atomic mass is 10.0. The molecule has 2 atom stereocenters. The number of amides is 1. The van der Waals surface area contributed by atoms with E-state index in [1.165, 1.54) is 6.07 Å². The van der Waals surface area contributed by atoms with Crippen molar-refractivity contribution in [3.8, 4) is 0 Å². The van der Waals surface area contributed by atoms with Gasteiger partial charge in [-0.25, -0.2) is 4.98 Å². The molecule has 1 aromatic heterocycles. The van der Waals surface area contributed by atoms with Crippen molar-refractivity contribution >= 4 is 29.1 Å². The summed E-state index contributed by atoms with van der Waals surface area (Å²) in [5.74, 6) is 0.00260. The third kappa shape index (κ3) is 2.46. The first-order valence-corrected chi connectivity index (χ1v) is 6.54. The average Bonchev–Trinajstić information content (AvgIpc) is 2.72. The van der Waals surface area contributed by atoms with Crippen molar-refractivity contribution in [2.75, 3.05) is 13.2 Å². The molecule has 0 saturated carbocycles. The minimum atomic E-state index is -0.272. The fraction of sp³-hybridized carbons (Fsp3) is 0.500. The Hall–Kier alpha value is -0.840. The number of aliphatic hydroxyl groups excluding tert-OH is 1. The van der Waals surface area contributed by atoms with Gasteiger partial charge in [-0.2, -0.15) is 0 Å². The summed E-state index contributed by atoms with van der Waals surface area (Å²) in [5.41, 5.74) is 0.150. The summed E-state index contributed by atoms with van der Waals surface area (Å²) >= 11 is 11.7. The van der Waals surface area contributed by atoms with Crippen LogP contribution >= 0.6 is 23.2 Å². The Labute approximate surface area is 116 Å². The number of carbonyl (C=O) groups is 1. The minimum Gasteiger partial charge on any atom is -0.394 e. The van der Waals surface area contributed by atoms with Crippen LogP contribution in [0, 0.1) is 5.92 Å². The third-order valence-electron chi connectivity index (χ3n) is 3.35. The monoisotopic (exact) mass is 288 g/mol. The summed E-state index contributed by atoms with van der Waals surface area (Å²) in [6, 6.07) is 2.92. The van der Waals surface area contributed by atoms with E-state index in [4.69, 9.17) is 23.2 Å². The summed E-state index contributed by atoms with van der Waals surface area (Å²) in [6.45, 7) is 2.57. The maximum Gasteiger partial charge on any atom is 0.274 e. The van der Waals surface area contributed by atoms with Crippen molar-refractivity contribution in [1.29, 1.82) is 0 Å². The normalized spacial score (nSPS) is 23.4. The Balaban J connectivity index is 2.28. The topological polar surface area (TPSA) is 53.4 Å². The first-order chi connectivity index (χ1) is 8.54. The number of halogens is 2. The van der Waals surface area contributed by atoms with Crippen LogP contribution in [0.5, 0.6) is 0 Å². The Bertz CT molecular complexity index is 467. The maximum absolute atomic E-state index is 12.3. The van der Waals surface area contributed by atoms with Gasteiger partial charge < -0.3 is 10.0 Å². The predicted molar refractivity (Wildman–Crippen MR) is 69.9 cm³/mol. The highest BCUT2D eigenvalue weighted by atomic mass is 35.5. The van der Waals surface area contributed by atoms with Gasteiger partial charge >= 0.3 is 0 Å². The van der Waals surface area contributed by atoms with Gasteiger partial charge in [-0.15, -0.1) is 0 Å². The molecular weight excluding hydrogens is 275 g/mol. The molecule has 0 spiro atoms. The predicted octanol–water partition coefficient (Wildman–Crippen LogP) is 2.23. The lowest BCUT2D eigenvalue weighted by Crippen LogP contribution is -2.40. The number of aliphatic hydroxyl groups is 1. The Morgan fingerprint density at radius 2 is 2.28 bits per heavy atom. The zero-order valence-corrected chi connectivity index (χ0v) is 11.4. The van der Waals surface area contributed by atoms with Crippen LogP contribution in [0.1, 0.15) is 23.8 Å². The minimum absolute atomic E-state index is 0.0505. The average molecular weight is 289 g/mol. The summed E-state index contributed by atoms with van der Waals surface area (Å²) in [6.07, 6.45) is 0.870. The zero-order chi connectivity index (χ0) is 13.3. The molecule has 1 amide bonds. The van der Waals surface area contributed by atoms with Gasteiger partial charge in [0, 0.05) is 6.54 Å². The number of rotatable bonds is 2. The quantitative estimate of drug-likeness (QED) is 0.849. The molecule has 1 aliphatic heterocycles. The van der Waals surface area contributed by atoms with Gasteiger partial charge in [0.05, 0.1) is 17.7 Å². The smallest absolute Gasteiger partial charge is 0.274 e. The molecule has 1 N–H and O–H groups in total. The molecule has 0 aromatic carbocycles. The van der Waals surface area contributed by atoms with E-state index in [-0.39, 0.29) is 40.3 Å². The Kier molecular flexibility index (Phi) is 4.10. The van der Waals surface area contributed by atoms with Crippen molar-refractivity contribution < 1.29 is 9.90 Å². The molecule has 6 heteroatoms. The van der Waals surface area contributed by atoms with E-state index >= 15 is 0 Å². The van der Waals surface area contributed by atoms with E-state index in [1.807, 2.05) is 6.92 Å². The van der Waals surface area contributed by atoms with Crippen molar-refractivity contribution in [2.24, 2.45) is 5.92 Å². The first-order valence-electron chi connectivity index (χ1n) is 5.78. The fourth-order valence-electron chi connectivity index (χ4n) is 2.24. The fourth-order valence-corrected chi connectivity index (χ4v) is 2.58. The molecule has 98 valence electrons. The van der Waals surface area contributed by atoms with Crippen LogP contribution in [0.2, 0.25) is 10.2 Å². The molecule has 1 aliphatic rings. The summed E-state index contributed by atoms with van der Waals surface area (Å²) < 4.78 is 0. The van der Waals surface area contributed by atoms with Crippen molar-refractivity contribution in [1.82, 2.24) is 9.88 Å². The third-order valence-corrected chi connectivity index (χ3v) is 3.86. The molecule has 2 unspecified atom stereocenters. The van der Waals surface area contributed by atoms with Crippen molar-refractivity contribution in [3.05, 3.63) is 28.0 Å². The maximum atomic E-state index is 12.3. The number of likely N-dealkylation sites (tertiary alicyclic amines) is 1. The largest absolute Gasteiger partial charge is 0.394 e. The molecular formula is C12H14Cl2N2O2. The first kappa shape index (κ1) is 13.6. The number of pyridine rings is 1. The molecule has 2 rings (SSSR count). The zero-order valence-electron chi connectivity index (χ0n) is 9.94. The lowest BCUT2D eigenvalue weighted by molar-refractivity contribution is 0.0642. The van der Waals surface area contributed by atoms with E-state index in [0.29, 0.717) is 6.54 Å². The molecule has 18 heavy (non-hydrogen) atoms. The van der Waals surface area contributed by atoms with Crippen LogP contribution in [0.4, 0.5) is 0 Å². The molecule has 1 aromatic rings. The number of carbonyl (C=O) groups excluding carboxylic acids is 1. The van der Waals surface area contributed by atoms with E-state index in [2.05, 4.69) is 4.98 Å². The highest BCUT2D eigenvalue weighted by molar-refractivity contribution is 6.34. The highest BCUT2D eigenvalue weighted by Crippen LogP contribution is 2.27. The van der Waals surface area contributed by atoms with Gasteiger partial charge in [0.15, 0.2) is 0 Å². The van der Waals surface area contributed by atoms with Crippen LogP contribution in [0.25, 0.3) is 0 Å². The lowest BCUT2D eigenvalue weighted by Gasteiger charge is -2.25. The Morgan fingerprint density at radius 1 is 1.56 bits per heavy atom. The van der Waals surface area contributed by atoms with E-state index in [1.54, 1.807) is 11.0 Å². The van der Waals surface area contributed by atoms with Crippen LogP contribution in [0.15, 0.2) is 12.1 Å². The van der Waals surface area contributed by atoms with E-state index < -0.39 is 0 Å². The molecule has 0 bridgehead atoms. The standard InChI is InChI=1S/C12H14Cl2N2O2/c1-7-4-5-16(9(7)6-17)12(18)11-8(13)2-3-10(14)15-11/h2-3,7,9,17H,4-6H2,1H3. The number of aromatic nitrogens is 1. The van der Waals surface area contributed by atoms with E-state index in [0.717, 1.165) is 6.42 Å². The van der Waals surface area contributed by atoms with Gasteiger partial charge in [-0.05, 0) is 24.5 Å². The molecule has 1 fully saturated rings. The summed E-state index contributed by atoms with van der Waals surface area (Å²) in [7, 11) is 0. The van der Waals surface area contributed by atoms with Crippen molar-refractivity contribution in [2.45, 2.75) is 19.4 Å². The highest BCUT2D eigenvalue weighted by Gasteiger charge is 2.35. The summed E-state index contributed by atoms with van der Waals surface area (Å²) in [4.78, 5) is 17.9. The molecule has 4 nitrogen and oxygen atoms in total. The number of nitrogens with zero attached hydrogens (tertiary/aromatic N) is 2. The second-order valence-corrected chi connectivity index (χ2v) is 5.27. The van der Waals surface area contributed by atoms with Gasteiger partial charge in [-0.1, -0.05) is 30.1 Å². The van der Waals surface area contributed by atoms with Gasteiger partial charge in [0.25, 0.3) is 5.91 Å². The van der Waals surface area contributed by atoms with Gasteiger partial charge in [0.1, 0.15) is 10.8 Å². The second-order valence-electron chi connectivity index (χ2n) is 4.48. The SMILES string of the molecule is CC1CCN(C(=O)c2nc(Cl)ccc2Cl)C1CO. The second kappa shape index (κ2) is 5.43. The summed E-state index contributed by atoms with van der Waals surface area (Å²) in [5, 5.41) is 9.86. The van der Waals surface area contributed by atoms with Crippen molar-refractivity contribution in [3.63, 3.8) is 0 Å². The van der Waals surface area contributed by atoms with Gasteiger partial charge in [-0.3, -0.25) is 4.79 Å². The molecule has 0 aliphatic carbocycles. The van der Waals surface area contributed by atoms with Crippen LogP contribution in [-0.2, 0) is 0 Å². The van der Waals surface area contributed by atoms with E-state index in [9.17, 15) is 9.90 Å². The van der Waals surface area contributed by atoms with Crippen LogP contribution in [0.3, 0.4) is 0 Å². The molecule has 1 saturated heterocycles.